The second-order valence-electron chi connectivity index (χ2n) is 6.08. The number of benzene rings is 1. The van der Waals surface area contributed by atoms with Crippen LogP contribution in [0.25, 0.3) is 16.9 Å². The van der Waals surface area contributed by atoms with Crippen LogP contribution in [0.5, 0.6) is 11.5 Å². The molecule has 8 heteroatoms. The van der Waals surface area contributed by atoms with Gasteiger partial charge in [0.25, 0.3) is 0 Å². The van der Waals surface area contributed by atoms with E-state index in [1.807, 2.05) is 6.07 Å². The van der Waals surface area contributed by atoms with E-state index in [2.05, 4.69) is 4.98 Å². The molecule has 26 heavy (non-hydrogen) atoms. The zero-order chi connectivity index (χ0) is 18.1. The van der Waals surface area contributed by atoms with E-state index in [0.29, 0.717) is 48.6 Å². The van der Waals surface area contributed by atoms with Gasteiger partial charge in [0.2, 0.25) is 12.7 Å². The van der Waals surface area contributed by atoms with Crippen LogP contribution in [0.3, 0.4) is 0 Å². The van der Waals surface area contributed by atoms with Crippen LogP contribution in [0, 0.1) is 0 Å². The Morgan fingerprint density at radius 3 is 2.88 bits per heavy atom. The van der Waals surface area contributed by atoms with Gasteiger partial charge in [-0.05, 0) is 37.1 Å². The van der Waals surface area contributed by atoms with E-state index in [1.54, 1.807) is 39.6 Å². The molecule has 0 spiro atoms. The molecule has 2 aromatic heterocycles. The maximum absolute atomic E-state index is 13.0. The summed E-state index contributed by atoms with van der Waals surface area (Å²) >= 11 is 0. The number of aromatic nitrogens is 3. The second-order valence-corrected chi connectivity index (χ2v) is 6.08. The van der Waals surface area contributed by atoms with Crippen molar-refractivity contribution in [2.75, 3.05) is 6.79 Å². The topological polar surface area (TPSA) is 101 Å². The normalized spacial score (nSPS) is 12.6. The fraction of sp³-hybridized carbons (Fsp3) is 0.278. The Labute approximate surface area is 148 Å². The Morgan fingerprint density at radius 1 is 1.19 bits per heavy atom. The third-order valence-electron chi connectivity index (χ3n) is 4.36. The van der Waals surface area contributed by atoms with Gasteiger partial charge in [0, 0.05) is 25.2 Å². The van der Waals surface area contributed by atoms with Crippen LogP contribution in [0.1, 0.15) is 19.3 Å². The molecule has 0 bridgehead atoms. The van der Waals surface area contributed by atoms with Crippen LogP contribution in [0.2, 0.25) is 0 Å². The smallest absolute Gasteiger partial charge is 0.334 e. The monoisotopic (exact) mass is 354 g/mol. The largest absolute Gasteiger partial charge is 0.454 e. The van der Waals surface area contributed by atoms with Gasteiger partial charge >= 0.3 is 5.69 Å². The quantitative estimate of drug-likeness (QED) is 0.677. The van der Waals surface area contributed by atoms with Crippen LogP contribution in [-0.2, 0) is 11.3 Å². The summed E-state index contributed by atoms with van der Waals surface area (Å²) in [5, 5.41) is 0. The second kappa shape index (κ2) is 6.55. The van der Waals surface area contributed by atoms with Crippen molar-refractivity contribution in [2.24, 2.45) is 5.73 Å². The summed E-state index contributed by atoms with van der Waals surface area (Å²) in [6, 6.07) is 9.02. The van der Waals surface area contributed by atoms with Crippen LogP contribution in [0.4, 0.5) is 0 Å². The lowest BCUT2D eigenvalue weighted by atomic mass is 10.2. The molecule has 1 amide bonds. The van der Waals surface area contributed by atoms with Crippen LogP contribution >= 0.6 is 0 Å². The van der Waals surface area contributed by atoms with Crippen LogP contribution in [-0.4, -0.2) is 26.8 Å². The fourth-order valence-corrected chi connectivity index (χ4v) is 3.13. The molecule has 3 heterocycles. The van der Waals surface area contributed by atoms with Crippen LogP contribution < -0.4 is 20.9 Å². The summed E-state index contributed by atoms with van der Waals surface area (Å²) in [4.78, 5) is 28.3. The van der Waals surface area contributed by atoms with E-state index >= 15 is 0 Å². The summed E-state index contributed by atoms with van der Waals surface area (Å²) in [5.74, 6) is 0.930. The summed E-state index contributed by atoms with van der Waals surface area (Å²) in [6.45, 7) is 0.666. The van der Waals surface area contributed by atoms with E-state index in [1.165, 1.54) is 0 Å². The summed E-state index contributed by atoms with van der Waals surface area (Å²) in [6.07, 6.45) is 3.28. The summed E-state index contributed by atoms with van der Waals surface area (Å²) in [7, 11) is 0. The lowest BCUT2D eigenvalue weighted by Crippen LogP contribution is -2.23. The van der Waals surface area contributed by atoms with Gasteiger partial charge in [-0.3, -0.25) is 9.36 Å². The third-order valence-corrected chi connectivity index (χ3v) is 4.36. The molecule has 134 valence electrons. The summed E-state index contributed by atoms with van der Waals surface area (Å²) in [5.41, 5.74) is 6.98. The molecular weight excluding hydrogens is 336 g/mol. The van der Waals surface area contributed by atoms with Gasteiger partial charge in [0.05, 0.1) is 11.2 Å². The lowest BCUT2D eigenvalue weighted by molar-refractivity contribution is -0.118. The minimum atomic E-state index is -0.332. The lowest BCUT2D eigenvalue weighted by Gasteiger charge is -2.04. The van der Waals surface area contributed by atoms with Gasteiger partial charge < -0.3 is 15.2 Å². The first-order valence-electron chi connectivity index (χ1n) is 8.40. The number of fused-ring (bicyclic) bond motifs is 2. The highest BCUT2D eigenvalue weighted by molar-refractivity contribution is 5.74. The van der Waals surface area contributed by atoms with E-state index < -0.39 is 0 Å². The number of hydrogen-bond donors (Lipinski definition) is 1. The Kier molecular flexibility index (Phi) is 4.08. The van der Waals surface area contributed by atoms with E-state index in [-0.39, 0.29) is 18.4 Å². The van der Waals surface area contributed by atoms with Gasteiger partial charge in [-0.1, -0.05) is 0 Å². The van der Waals surface area contributed by atoms with Crippen molar-refractivity contribution in [3.05, 3.63) is 47.0 Å². The molecule has 0 radical (unpaired) electrons. The standard InChI is InChI=1S/C18H18N4O4/c19-16(23)5-1-2-9-21-13-4-3-8-20-17(13)22(18(21)24)12-6-7-14-15(10-12)26-11-25-14/h3-4,6-8,10H,1-2,5,9,11H2,(H2,19,23). The molecule has 8 nitrogen and oxygen atoms in total. The molecule has 3 aromatic rings. The molecule has 0 atom stereocenters. The molecule has 0 unspecified atom stereocenters. The van der Waals surface area contributed by atoms with E-state index in [4.69, 9.17) is 15.2 Å². The van der Waals surface area contributed by atoms with Gasteiger partial charge in [-0.25, -0.2) is 14.3 Å². The molecule has 0 fully saturated rings. The van der Waals surface area contributed by atoms with Crippen molar-refractivity contribution in [1.29, 1.82) is 0 Å². The highest BCUT2D eigenvalue weighted by Crippen LogP contribution is 2.33. The average molecular weight is 354 g/mol. The van der Waals surface area contributed by atoms with Crippen molar-refractivity contribution in [3.63, 3.8) is 0 Å². The van der Waals surface area contributed by atoms with Gasteiger partial charge in [-0.2, -0.15) is 0 Å². The molecular formula is C18H18N4O4. The third kappa shape index (κ3) is 2.79. The van der Waals surface area contributed by atoms with Gasteiger partial charge in [-0.15, -0.1) is 0 Å². The minimum absolute atomic E-state index is 0.174. The number of imidazole rings is 1. The first kappa shape index (κ1) is 16.2. The number of ether oxygens (including phenoxy) is 2. The molecule has 2 N–H and O–H groups in total. The number of nitrogens with zero attached hydrogens (tertiary/aromatic N) is 3. The van der Waals surface area contributed by atoms with Crippen molar-refractivity contribution >= 4 is 17.1 Å². The number of amides is 1. The first-order chi connectivity index (χ1) is 12.6. The number of rotatable bonds is 6. The maximum Gasteiger partial charge on any atom is 0.334 e. The average Bonchev–Trinajstić information content (AvgIpc) is 3.20. The Morgan fingerprint density at radius 2 is 2.04 bits per heavy atom. The number of hydrogen-bond acceptors (Lipinski definition) is 5. The molecule has 4 rings (SSSR count). The van der Waals surface area contributed by atoms with Gasteiger partial charge in [0.1, 0.15) is 0 Å². The zero-order valence-electron chi connectivity index (χ0n) is 14.1. The van der Waals surface area contributed by atoms with E-state index in [0.717, 1.165) is 5.52 Å². The number of unbranched alkanes of at least 4 members (excludes halogenated alkanes) is 1. The van der Waals surface area contributed by atoms with Crippen LogP contribution in [0.15, 0.2) is 41.3 Å². The zero-order valence-corrected chi connectivity index (χ0v) is 14.1. The SMILES string of the molecule is NC(=O)CCCCn1c(=O)n(-c2ccc3c(c2)OCO3)c2ncccc21. The Hall–Kier alpha value is -3.29. The Bertz CT molecular complexity index is 1040. The van der Waals surface area contributed by atoms with Crippen molar-refractivity contribution < 1.29 is 14.3 Å². The highest BCUT2D eigenvalue weighted by Gasteiger charge is 2.19. The first-order valence-corrected chi connectivity index (χ1v) is 8.40. The summed E-state index contributed by atoms with van der Waals surface area (Å²) < 4.78 is 14.0. The predicted octanol–water partition coefficient (Wildman–Crippen LogP) is 1.57. The fourth-order valence-electron chi connectivity index (χ4n) is 3.13. The highest BCUT2D eigenvalue weighted by atomic mass is 16.7. The molecule has 1 aliphatic heterocycles. The molecule has 0 aliphatic carbocycles. The minimum Gasteiger partial charge on any atom is -0.454 e. The number of primary amides is 1. The predicted molar refractivity (Wildman–Crippen MR) is 94.5 cm³/mol. The molecule has 0 saturated carbocycles. The van der Waals surface area contributed by atoms with Crippen molar-refractivity contribution in [1.82, 2.24) is 14.1 Å². The maximum atomic E-state index is 13.0. The Balaban J connectivity index is 1.74. The number of nitrogens with two attached hydrogens (primary N) is 1. The number of carbonyl (C=O) groups excluding carboxylic acids is 1. The van der Waals surface area contributed by atoms with Gasteiger partial charge in [0.15, 0.2) is 17.1 Å². The molecule has 1 aromatic carbocycles. The molecule has 1 aliphatic rings. The van der Waals surface area contributed by atoms with Crippen molar-refractivity contribution in [2.45, 2.75) is 25.8 Å². The number of aryl methyl sites for hydroxylation is 1. The molecule has 0 saturated heterocycles. The number of carbonyl (C=O) groups is 1. The van der Waals surface area contributed by atoms with Crippen molar-refractivity contribution in [3.8, 4) is 17.2 Å². The number of pyridine rings is 1. The van der Waals surface area contributed by atoms with E-state index in [9.17, 15) is 9.59 Å².